The van der Waals surface area contributed by atoms with E-state index in [0.29, 0.717) is 11.6 Å². The summed E-state index contributed by atoms with van der Waals surface area (Å²) >= 11 is 0. The summed E-state index contributed by atoms with van der Waals surface area (Å²) in [6, 6.07) is 1.73. The van der Waals surface area contributed by atoms with Crippen molar-refractivity contribution >= 4 is 17.4 Å². The van der Waals surface area contributed by atoms with Gasteiger partial charge in [0.25, 0.3) is 0 Å². The summed E-state index contributed by atoms with van der Waals surface area (Å²) in [4.78, 5) is 13.2. The van der Waals surface area contributed by atoms with Gasteiger partial charge in [-0.3, -0.25) is 4.79 Å². The first-order valence-corrected chi connectivity index (χ1v) is 5.04. The van der Waals surface area contributed by atoms with Gasteiger partial charge in [0, 0.05) is 39.2 Å². The summed E-state index contributed by atoms with van der Waals surface area (Å²) in [5.41, 5.74) is 6.56. The number of nitrogens with zero attached hydrogens (tertiary/aromatic N) is 1. The molecule has 1 aliphatic heterocycles. The zero-order valence-electron chi connectivity index (χ0n) is 8.75. The normalized spacial score (nSPS) is 16.7. The van der Waals surface area contributed by atoms with E-state index in [-0.39, 0.29) is 5.78 Å². The van der Waals surface area contributed by atoms with Crippen LogP contribution < -0.4 is 16.0 Å². The van der Waals surface area contributed by atoms with Gasteiger partial charge >= 0.3 is 0 Å². The molecular weight excluding hydrogens is 194 g/mol. The fraction of sp³-hybridized carbons (Fsp3) is 0.500. The predicted molar refractivity (Wildman–Crippen MR) is 58.2 cm³/mol. The van der Waals surface area contributed by atoms with Crippen molar-refractivity contribution in [3.8, 4) is 0 Å². The molecule has 82 valence electrons. The molecule has 0 radical (unpaired) electrons. The van der Waals surface area contributed by atoms with Crippen molar-refractivity contribution in [1.29, 1.82) is 0 Å². The summed E-state index contributed by atoms with van der Waals surface area (Å²) < 4.78 is 5.20. The Hall–Kier alpha value is -1.49. The molecule has 3 N–H and O–H groups in total. The molecule has 1 aliphatic rings. The van der Waals surface area contributed by atoms with E-state index >= 15 is 0 Å². The Kier molecular flexibility index (Phi) is 2.64. The smallest absolute Gasteiger partial charge is 0.214 e. The Morgan fingerprint density at radius 2 is 2.20 bits per heavy atom. The van der Waals surface area contributed by atoms with Gasteiger partial charge in [-0.1, -0.05) is 0 Å². The highest BCUT2D eigenvalue weighted by Gasteiger charge is 2.18. The predicted octanol–water partition coefficient (Wildman–Crippen LogP) is 0.474. The van der Waals surface area contributed by atoms with Crippen LogP contribution in [-0.2, 0) is 0 Å². The number of piperazine rings is 1. The second-order valence-corrected chi connectivity index (χ2v) is 3.65. The number of rotatable bonds is 2. The second kappa shape index (κ2) is 3.94. The Balaban J connectivity index is 2.22. The number of hydrogen-bond acceptors (Lipinski definition) is 5. The van der Waals surface area contributed by atoms with Crippen molar-refractivity contribution in [3.05, 3.63) is 11.8 Å². The van der Waals surface area contributed by atoms with Gasteiger partial charge in [-0.25, -0.2) is 0 Å². The minimum absolute atomic E-state index is 0.0944. The van der Waals surface area contributed by atoms with Crippen LogP contribution >= 0.6 is 0 Å². The SMILES string of the molecule is CC(=O)c1cc(N2CCNCC2)c(N)o1. The minimum Gasteiger partial charge on any atom is -0.436 e. The fourth-order valence-electron chi connectivity index (χ4n) is 1.72. The number of Topliss-reactive ketones (excluding diaryl/α,β-unsaturated/α-hetero) is 1. The quantitative estimate of drug-likeness (QED) is 0.693. The van der Waals surface area contributed by atoms with Crippen LogP contribution in [0.2, 0.25) is 0 Å². The van der Waals surface area contributed by atoms with Crippen molar-refractivity contribution in [2.24, 2.45) is 0 Å². The maximum Gasteiger partial charge on any atom is 0.214 e. The third-order valence-electron chi connectivity index (χ3n) is 2.54. The largest absolute Gasteiger partial charge is 0.436 e. The van der Waals surface area contributed by atoms with E-state index in [1.54, 1.807) is 6.07 Å². The lowest BCUT2D eigenvalue weighted by atomic mass is 10.3. The Labute approximate surface area is 88.2 Å². The summed E-state index contributed by atoms with van der Waals surface area (Å²) in [7, 11) is 0. The molecular formula is C10H15N3O2. The first-order chi connectivity index (χ1) is 7.18. The van der Waals surface area contributed by atoms with Gasteiger partial charge < -0.3 is 20.4 Å². The van der Waals surface area contributed by atoms with E-state index < -0.39 is 0 Å². The maximum atomic E-state index is 11.1. The number of carbonyl (C=O) groups excluding carboxylic acids is 1. The van der Waals surface area contributed by atoms with E-state index in [2.05, 4.69) is 10.2 Å². The van der Waals surface area contributed by atoms with Crippen LogP contribution in [0.3, 0.4) is 0 Å². The van der Waals surface area contributed by atoms with Crippen LogP contribution in [0.15, 0.2) is 10.5 Å². The van der Waals surface area contributed by atoms with E-state index in [1.165, 1.54) is 6.92 Å². The molecule has 5 heteroatoms. The number of anilines is 2. The molecule has 0 aliphatic carbocycles. The van der Waals surface area contributed by atoms with Crippen LogP contribution in [0.5, 0.6) is 0 Å². The third kappa shape index (κ3) is 1.97. The zero-order chi connectivity index (χ0) is 10.8. The van der Waals surface area contributed by atoms with Crippen molar-refractivity contribution in [3.63, 3.8) is 0 Å². The zero-order valence-corrected chi connectivity index (χ0v) is 8.75. The molecule has 0 amide bonds. The lowest BCUT2D eigenvalue weighted by Gasteiger charge is -2.28. The highest BCUT2D eigenvalue weighted by Crippen LogP contribution is 2.27. The molecule has 0 bridgehead atoms. The fourth-order valence-corrected chi connectivity index (χ4v) is 1.72. The van der Waals surface area contributed by atoms with Gasteiger partial charge in [0.15, 0.2) is 11.5 Å². The van der Waals surface area contributed by atoms with Gasteiger partial charge in [-0.15, -0.1) is 0 Å². The van der Waals surface area contributed by atoms with E-state index in [9.17, 15) is 4.79 Å². The lowest BCUT2D eigenvalue weighted by molar-refractivity contribution is 0.0988. The highest BCUT2D eigenvalue weighted by atomic mass is 16.4. The Bertz CT molecular complexity index is 367. The van der Waals surface area contributed by atoms with Gasteiger partial charge in [0.1, 0.15) is 5.69 Å². The molecule has 0 saturated carbocycles. The number of nitrogens with two attached hydrogens (primary N) is 1. The molecule has 1 aromatic rings. The van der Waals surface area contributed by atoms with Gasteiger partial charge in [0.05, 0.1) is 0 Å². The third-order valence-corrected chi connectivity index (χ3v) is 2.54. The molecule has 2 rings (SSSR count). The van der Waals surface area contributed by atoms with E-state index in [0.717, 1.165) is 31.9 Å². The summed E-state index contributed by atoms with van der Waals surface area (Å²) in [5, 5.41) is 3.25. The van der Waals surface area contributed by atoms with Crippen LogP contribution in [-0.4, -0.2) is 32.0 Å². The van der Waals surface area contributed by atoms with Crippen LogP contribution in [0.1, 0.15) is 17.5 Å². The molecule has 0 aromatic carbocycles. The molecule has 5 nitrogen and oxygen atoms in total. The molecule has 1 aromatic heterocycles. The van der Waals surface area contributed by atoms with E-state index in [1.807, 2.05) is 0 Å². The number of ketones is 1. The number of nitrogens with one attached hydrogen (secondary N) is 1. The van der Waals surface area contributed by atoms with Crippen LogP contribution in [0.4, 0.5) is 11.6 Å². The number of carbonyl (C=O) groups is 1. The molecule has 15 heavy (non-hydrogen) atoms. The average Bonchev–Trinajstić information content (AvgIpc) is 2.62. The standard InChI is InChI=1S/C10H15N3O2/c1-7(14)9-6-8(10(11)15-9)13-4-2-12-3-5-13/h6,12H,2-5,11H2,1H3. The molecule has 1 fully saturated rings. The topological polar surface area (TPSA) is 71.5 Å². The van der Waals surface area contributed by atoms with Crippen molar-refractivity contribution < 1.29 is 9.21 Å². The number of nitrogen functional groups attached to an aromatic ring is 1. The van der Waals surface area contributed by atoms with Crippen LogP contribution in [0, 0.1) is 0 Å². The molecule has 1 saturated heterocycles. The number of furan rings is 1. The van der Waals surface area contributed by atoms with Crippen molar-refractivity contribution in [1.82, 2.24) is 5.32 Å². The monoisotopic (exact) mass is 209 g/mol. The summed E-state index contributed by atoms with van der Waals surface area (Å²) in [6.07, 6.45) is 0. The Morgan fingerprint density at radius 1 is 1.53 bits per heavy atom. The second-order valence-electron chi connectivity index (χ2n) is 3.65. The summed E-state index contributed by atoms with van der Waals surface area (Å²) in [5.74, 6) is 0.575. The molecule has 0 unspecified atom stereocenters. The van der Waals surface area contributed by atoms with E-state index in [4.69, 9.17) is 10.2 Å². The minimum atomic E-state index is -0.0944. The van der Waals surface area contributed by atoms with Gasteiger partial charge in [-0.2, -0.15) is 0 Å². The summed E-state index contributed by atoms with van der Waals surface area (Å²) in [6.45, 7) is 5.11. The highest BCUT2D eigenvalue weighted by molar-refractivity contribution is 5.93. The van der Waals surface area contributed by atoms with Gasteiger partial charge in [-0.05, 0) is 0 Å². The maximum absolute atomic E-state index is 11.1. The van der Waals surface area contributed by atoms with Gasteiger partial charge in [0.2, 0.25) is 5.88 Å². The van der Waals surface area contributed by atoms with Crippen molar-refractivity contribution in [2.75, 3.05) is 36.8 Å². The Morgan fingerprint density at radius 3 is 2.73 bits per heavy atom. The van der Waals surface area contributed by atoms with Crippen molar-refractivity contribution in [2.45, 2.75) is 6.92 Å². The molecule has 2 heterocycles. The average molecular weight is 209 g/mol. The first-order valence-electron chi connectivity index (χ1n) is 5.04. The first kappa shape index (κ1) is 10.0. The molecule has 0 atom stereocenters. The van der Waals surface area contributed by atoms with Crippen LogP contribution in [0.25, 0.3) is 0 Å². The molecule has 0 spiro atoms. The lowest BCUT2D eigenvalue weighted by Crippen LogP contribution is -2.43. The number of hydrogen-bond donors (Lipinski definition) is 2.